The number of benzene rings is 1. The van der Waals surface area contributed by atoms with Crippen molar-refractivity contribution in [2.75, 3.05) is 14.1 Å². The molecule has 0 bridgehead atoms. The van der Waals surface area contributed by atoms with E-state index in [-0.39, 0.29) is 11.6 Å². The Kier molecular flexibility index (Phi) is 3.48. The van der Waals surface area contributed by atoms with Gasteiger partial charge < -0.3 is 0 Å². The van der Waals surface area contributed by atoms with Gasteiger partial charge in [0.25, 0.3) is 0 Å². The lowest BCUT2D eigenvalue weighted by molar-refractivity contribution is 0.0755. The van der Waals surface area contributed by atoms with Gasteiger partial charge in [0, 0.05) is 5.56 Å². The van der Waals surface area contributed by atoms with Crippen molar-refractivity contribution in [3.05, 3.63) is 35.1 Å². The van der Waals surface area contributed by atoms with Crippen molar-refractivity contribution >= 4 is 5.78 Å². The number of aryl methyl sites for hydroxylation is 1. The largest absolute Gasteiger partial charge is 0.297 e. The van der Waals surface area contributed by atoms with Crippen LogP contribution in [0.2, 0.25) is 0 Å². The van der Waals surface area contributed by atoms with E-state index in [2.05, 4.69) is 0 Å². The maximum atomic E-state index is 13.2. The van der Waals surface area contributed by atoms with Gasteiger partial charge in [0.2, 0.25) is 0 Å². The summed E-state index contributed by atoms with van der Waals surface area (Å²) in [6, 6.07) is 4.43. The molecule has 1 aromatic rings. The third kappa shape index (κ3) is 2.47. The number of rotatable bonds is 3. The molecule has 88 valence electrons. The van der Waals surface area contributed by atoms with E-state index in [9.17, 15) is 9.18 Å². The molecule has 0 atom stereocenters. The van der Waals surface area contributed by atoms with Crippen LogP contribution in [0.5, 0.6) is 0 Å². The predicted molar refractivity (Wildman–Crippen MR) is 63.2 cm³/mol. The van der Waals surface area contributed by atoms with Gasteiger partial charge >= 0.3 is 0 Å². The van der Waals surface area contributed by atoms with Crippen LogP contribution in [0.3, 0.4) is 0 Å². The first-order valence-electron chi connectivity index (χ1n) is 5.24. The number of hydrogen-bond donors (Lipinski definition) is 0. The van der Waals surface area contributed by atoms with Gasteiger partial charge in [0.05, 0.1) is 5.54 Å². The van der Waals surface area contributed by atoms with Gasteiger partial charge in [-0.1, -0.05) is 0 Å². The number of likely N-dealkylation sites (N-methyl/N-ethyl adjacent to an activating group) is 1. The SMILES string of the molecule is Cc1cc(F)cc(C(=O)C(C)(C)N(C)C)c1. The van der Waals surface area contributed by atoms with Crippen molar-refractivity contribution in [3.8, 4) is 0 Å². The average molecular weight is 223 g/mol. The fourth-order valence-electron chi connectivity index (χ4n) is 1.42. The fourth-order valence-corrected chi connectivity index (χ4v) is 1.42. The number of carbonyl (C=O) groups excluding carboxylic acids is 1. The number of nitrogens with zero attached hydrogens (tertiary/aromatic N) is 1. The molecular formula is C13H18FNO. The molecule has 0 spiro atoms. The Morgan fingerprint density at radius 1 is 1.25 bits per heavy atom. The molecule has 0 aliphatic carbocycles. The predicted octanol–water partition coefficient (Wildman–Crippen LogP) is 2.66. The van der Waals surface area contributed by atoms with E-state index < -0.39 is 5.54 Å². The van der Waals surface area contributed by atoms with Gasteiger partial charge in [-0.15, -0.1) is 0 Å². The topological polar surface area (TPSA) is 20.3 Å². The average Bonchev–Trinajstić information content (AvgIpc) is 2.14. The minimum absolute atomic E-state index is 0.0694. The summed E-state index contributed by atoms with van der Waals surface area (Å²) in [6.07, 6.45) is 0. The van der Waals surface area contributed by atoms with Crippen LogP contribution in [-0.2, 0) is 0 Å². The van der Waals surface area contributed by atoms with E-state index in [1.54, 1.807) is 13.0 Å². The Morgan fingerprint density at radius 2 is 1.81 bits per heavy atom. The van der Waals surface area contributed by atoms with E-state index >= 15 is 0 Å². The summed E-state index contributed by atoms with van der Waals surface area (Å²) in [5.74, 6) is -0.432. The van der Waals surface area contributed by atoms with Gasteiger partial charge in [-0.25, -0.2) is 4.39 Å². The minimum Gasteiger partial charge on any atom is -0.297 e. The highest BCUT2D eigenvalue weighted by Gasteiger charge is 2.30. The third-order valence-corrected chi connectivity index (χ3v) is 2.98. The lowest BCUT2D eigenvalue weighted by Crippen LogP contribution is -2.45. The van der Waals surface area contributed by atoms with Gasteiger partial charge in [0.1, 0.15) is 5.82 Å². The zero-order valence-corrected chi connectivity index (χ0v) is 10.5. The van der Waals surface area contributed by atoms with Crippen LogP contribution >= 0.6 is 0 Å². The molecule has 1 aromatic carbocycles. The van der Waals surface area contributed by atoms with E-state index in [1.807, 2.05) is 32.8 Å². The molecule has 0 saturated carbocycles. The summed E-state index contributed by atoms with van der Waals surface area (Å²) in [5, 5.41) is 0. The van der Waals surface area contributed by atoms with Crippen LogP contribution in [-0.4, -0.2) is 30.3 Å². The van der Waals surface area contributed by atoms with Crippen molar-refractivity contribution in [1.82, 2.24) is 4.90 Å². The Bertz CT molecular complexity index is 390. The Labute approximate surface area is 96.1 Å². The number of carbonyl (C=O) groups is 1. The van der Waals surface area contributed by atoms with Gasteiger partial charge in [-0.3, -0.25) is 9.69 Å². The molecule has 0 heterocycles. The van der Waals surface area contributed by atoms with E-state index in [4.69, 9.17) is 0 Å². The fraction of sp³-hybridized carbons (Fsp3) is 0.462. The Morgan fingerprint density at radius 3 is 2.25 bits per heavy atom. The standard InChI is InChI=1S/C13H18FNO/c1-9-6-10(8-11(14)7-9)12(16)13(2,3)15(4)5/h6-8H,1-5H3. The third-order valence-electron chi connectivity index (χ3n) is 2.98. The molecule has 0 saturated heterocycles. The maximum absolute atomic E-state index is 13.2. The summed E-state index contributed by atoms with van der Waals surface area (Å²) >= 11 is 0. The van der Waals surface area contributed by atoms with E-state index in [0.29, 0.717) is 5.56 Å². The molecule has 0 radical (unpaired) electrons. The first-order chi connectivity index (χ1) is 7.25. The summed E-state index contributed by atoms with van der Waals surface area (Å²) in [6.45, 7) is 5.44. The monoisotopic (exact) mass is 223 g/mol. The molecule has 0 N–H and O–H groups in total. The van der Waals surface area contributed by atoms with Crippen molar-refractivity contribution in [1.29, 1.82) is 0 Å². The second kappa shape index (κ2) is 4.34. The van der Waals surface area contributed by atoms with Gasteiger partial charge in [-0.2, -0.15) is 0 Å². The molecule has 0 aliphatic heterocycles. The van der Waals surface area contributed by atoms with Crippen molar-refractivity contribution in [2.45, 2.75) is 26.3 Å². The molecule has 16 heavy (non-hydrogen) atoms. The molecule has 0 aromatic heterocycles. The van der Waals surface area contributed by atoms with Crippen LogP contribution in [0, 0.1) is 12.7 Å². The molecule has 0 unspecified atom stereocenters. The number of hydrogen-bond acceptors (Lipinski definition) is 2. The summed E-state index contributed by atoms with van der Waals surface area (Å²) in [4.78, 5) is 14.0. The highest BCUT2D eigenvalue weighted by atomic mass is 19.1. The molecule has 0 aliphatic rings. The second-order valence-electron chi connectivity index (χ2n) is 4.80. The lowest BCUT2D eigenvalue weighted by Gasteiger charge is -2.31. The second-order valence-corrected chi connectivity index (χ2v) is 4.80. The molecule has 0 fully saturated rings. The lowest BCUT2D eigenvalue weighted by atomic mass is 9.91. The normalized spacial score (nSPS) is 11.9. The Balaban J connectivity index is 3.15. The molecule has 3 heteroatoms. The zero-order valence-electron chi connectivity index (χ0n) is 10.5. The van der Waals surface area contributed by atoms with E-state index in [0.717, 1.165) is 5.56 Å². The van der Waals surface area contributed by atoms with Crippen LogP contribution in [0.1, 0.15) is 29.8 Å². The first-order valence-corrected chi connectivity index (χ1v) is 5.24. The zero-order chi connectivity index (χ0) is 12.5. The van der Waals surface area contributed by atoms with Crippen LogP contribution in [0.15, 0.2) is 18.2 Å². The number of ketones is 1. The molecule has 1 rings (SSSR count). The van der Waals surface area contributed by atoms with Crippen molar-refractivity contribution < 1.29 is 9.18 Å². The number of Topliss-reactive ketones (excluding diaryl/α,β-unsaturated/α-hetero) is 1. The molecule has 2 nitrogen and oxygen atoms in total. The van der Waals surface area contributed by atoms with Gasteiger partial charge in [0.15, 0.2) is 5.78 Å². The minimum atomic E-state index is -0.625. The first kappa shape index (κ1) is 12.8. The van der Waals surface area contributed by atoms with Crippen LogP contribution < -0.4 is 0 Å². The molecular weight excluding hydrogens is 205 g/mol. The van der Waals surface area contributed by atoms with E-state index in [1.165, 1.54) is 12.1 Å². The molecule has 0 amide bonds. The smallest absolute Gasteiger partial charge is 0.182 e. The summed E-state index contributed by atoms with van der Waals surface area (Å²) in [7, 11) is 3.67. The number of halogens is 1. The van der Waals surface area contributed by atoms with Crippen LogP contribution in [0.25, 0.3) is 0 Å². The quantitative estimate of drug-likeness (QED) is 0.734. The Hall–Kier alpha value is -1.22. The summed E-state index contributed by atoms with van der Waals surface area (Å²) < 4.78 is 13.2. The van der Waals surface area contributed by atoms with Crippen molar-refractivity contribution in [2.24, 2.45) is 0 Å². The van der Waals surface area contributed by atoms with Crippen molar-refractivity contribution in [3.63, 3.8) is 0 Å². The van der Waals surface area contributed by atoms with Crippen LogP contribution in [0.4, 0.5) is 4.39 Å². The summed E-state index contributed by atoms with van der Waals surface area (Å²) in [5.41, 5.74) is 0.564. The maximum Gasteiger partial charge on any atom is 0.182 e. The highest BCUT2D eigenvalue weighted by molar-refractivity contribution is 6.02. The van der Waals surface area contributed by atoms with Gasteiger partial charge in [-0.05, 0) is 58.6 Å². The highest BCUT2D eigenvalue weighted by Crippen LogP contribution is 2.19.